The van der Waals surface area contributed by atoms with Crippen molar-refractivity contribution >= 4 is 15.7 Å². The van der Waals surface area contributed by atoms with Crippen molar-refractivity contribution in [3.8, 4) is 0 Å². The highest BCUT2D eigenvalue weighted by molar-refractivity contribution is 7.91. The van der Waals surface area contributed by atoms with E-state index in [1.165, 1.54) is 0 Å². The van der Waals surface area contributed by atoms with Gasteiger partial charge in [-0.3, -0.25) is 14.7 Å². The van der Waals surface area contributed by atoms with E-state index in [-0.39, 0.29) is 29.5 Å². The number of sulfone groups is 1. The fraction of sp³-hybridized carbons (Fsp3) is 0.412. The summed E-state index contributed by atoms with van der Waals surface area (Å²) in [4.78, 5) is 23.9. The first-order valence-corrected chi connectivity index (χ1v) is 10.1. The number of pyridine rings is 1. The second-order valence-electron chi connectivity index (χ2n) is 6.59. The molecular formula is C17H20N4O3S. The molecule has 0 spiro atoms. The van der Waals surface area contributed by atoms with Crippen LogP contribution in [0.25, 0.3) is 0 Å². The van der Waals surface area contributed by atoms with E-state index in [4.69, 9.17) is 0 Å². The fourth-order valence-electron chi connectivity index (χ4n) is 3.79. The molecule has 2 aromatic heterocycles. The molecule has 0 saturated carbocycles. The second kappa shape index (κ2) is 6.27. The van der Waals surface area contributed by atoms with Crippen LogP contribution in [0.1, 0.15) is 16.2 Å². The van der Waals surface area contributed by atoms with E-state index < -0.39 is 9.84 Å². The molecule has 7 nitrogen and oxygen atoms in total. The number of aromatic amines is 1. The Morgan fingerprint density at radius 1 is 1.16 bits per heavy atom. The Morgan fingerprint density at radius 2 is 2.00 bits per heavy atom. The van der Waals surface area contributed by atoms with E-state index in [1.807, 2.05) is 18.2 Å². The number of carbonyl (C=O) groups excluding carboxylic acids is 1. The summed E-state index contributed by atoms with van der Waals surface area (Å²) >= 11 is 0. The van der Waals surface area contributed by atoms with Gasteiger partial charge >= 0.3 is 0 Å². The third kappa shape index (κ3) is 3.19. The molecule has 2 fully saturated rings. The lowest BCUT2D eigenvalue weighted by Gasteiger charge is -2.43. The van der Waals surface area contributed by atoms with Gasteiger partial charge in [-0.1, -0.05) is 6.07 Å². The number of nitrogens with zero attached hydrogens (tertiary/aromatic N) is 3. The molecule has 1 amide bonds. The Hall–Kier alpha value is -2.19. The topological polar surface area (TPSA) is 86.4 Å². The van der Waals surface area contributed by atoms with Crippen LogP contribution in [0, 0.1) is 0 Å². The molecule has 2 aromatic rings. The Bertz CT molecular complexity index is 851. The maximum Gasteiger partial charge on any atom is 0.270 e. The fourth-order valence-corrected chi connectivity index (χ4v) is 5.80. The first-order valence-electron chi connectivity index (χ1n) is 8.32. The van der Waals surface area contributed by atoms with Gasteiger partial charge in [0.05, 0.1) is 23.2 Å². The molecule has 2 atom stereocenters. The van der Waals surface area contributed by atoms with Crippen LogP contribution in [-0.2, 0) is 16.4 Å². The zero-order valence-corrected chi connectivity index (χ0v) is 14.5. The van der Waals surface area contributed by atoms with Gasteiger partial charge in [0.25, 0.3) is 5.91 Å². The van der Waals surface area contributed by atoms with Gasteiger partial charge < -0.3 is 9.88 Å². The summed E-state index contributed by atoms with van der Waals surface area (Å²) in [6, 6.07) is 8.73. The Kier molecular flexibility index (Phi) is 4.09. The average molecular weight is 360 g/mol. The average Bonchev–Trinajstić information content (AvgIpc) is 3.22. The predicted octanol–water partition coefficient (Wildman–Crippen LogP) is 0.533. The predicted molar refractivity (Wildman–Crippen MR) is 92.7 cm³/mol. The molecule has 0 aromatic carbocycles. The highest BCUT2D eigenvalue weighted by atomic mass is 32.2. The third-order valence-corrected chi connectivity index (χ3v) is 6.67. The number of fused-ring (bicyclic) bond motifs is 1. The van der Waals surface area contributed by atoms with Crippen molar-refractivity contribution in [3.63, 3.8) is 0 Å². The van der Waals surface area contributed by atoms with Crippen molar-refractivity contribution in [1.82, 2.24) is 19.8 Å². The summed E-state index contributed by atoms with van der Waals surface area (Å²) < 4.78 is 24.5. The van der Waals surface area contributed by atoms with Crippen molar-refractivity contribution in [1.29, 1.82) is 0 Å². The van der Waals surface area contributed by atoms with Crippen molar-refractivity contribution in [2.75, 3.05) is 24.6 Å². The summed E-state index contributed by atoms with van der Waals surface area (Å²) in [6.45, 7) is 1.75. The molecule has 4 heterocycles. The molecule has 0 unspecified atom stereocenters. The number of hydrogen-bond acceptors (Lipinski definition) is 5. The van der Waals surface area contributed by atoms with Crippen molar-refractivity contribution in [2.24, 2.45) is 0 Å². The molecular weight excluding hydrogens is 340 g/mol. The van der Waals surface area contributed by atoms with E-state index in [0.717, 1.165) is 5.69 Å². The molecule has 25 heavy (non-hydrogen) atoms. The molecule has 132 valence electrons. The maximum absolute atomic E-state index is 12.7. The van der Waals surface area contributed by atoms with Gasteiger partial charge in [-0.2, -0.15) is 0 Å². The number of amides is 1. The van der Waals surface area contributed by atoms with E-state index >= 15 is 0 Å². The van der Waals surface area contributed by atoms with Crippen LogP contribution >= 0.6 is 0 Å². The molecule has 8 heteroatoms. The molecule has 1 N–H and O–H groups in total. The van der Waals surface area contributed by atoms with Gasteiger partial charge in [0.1, 0.15) is 5.69 Å². The minimum Gasteiger partial charge on any atom is -0.357 e. The smallest absolute Gasteiger partial charge is 0.270 e. The first-order chi connectivity index (χ1) is 12.0. The summed E-state index contributed by atoms with van der Waals surface area (Å²) in [6.07, 6.45) is 3.44. The largest absolute Gasteiger partial charge is 0.357 e. The number of hydrogen-bond donors (Lipinski definition) is 1. The van der Waals surface area contributed by atoms with Crippen molar-refractivity contribution in [2.45, 2.75) is 18.6 Å². The van der Waals surface area contributed by atoms with Crippen LogP contribution in [0.2, 0.25) is 0 Å². The van der Waals surface area contributed by atoms with E-state index in [2.05, 4.69) is 14.9 Å². The number of carbonyl (C=O) groups is 1. The molecule has 0 radical (unpaired) electrons. The summed E-state index contributed by atoms with van der Waals surface area (Å²) in [5, 5.41) is 0. The summed E-state index contributed by atoms with van der Waals surface area (Å²) in [5.74, 6) is -0.00319. The van der Waals surface area contributed by atoms with Crippen molar-refractivity contribution < 1.29 is 13.2 Å². The normalized spacial score (nSPS) is 25.7. The quantitative estimate of drug-likeness (QED) is 0.863. The van der Waals surface area contributed by atoms with Gasteiger partial charge in [0.2, 0.25) is 0 Å². The van der Waals surface area contributed by atoms with Crippen LogP contribution in [0.5, 0.6) is 0 Å². The van der Waals surface area contributed by atoms with Crippen LogP contribution in [0.15, 0.2) is 42.7 Å². The van der Waals surface area contributed by atoms with E-state index in [1.54, 1.807) is 29.4 Å². The number of nitrogens with one attached hydrogen (secondary N) is 1. The molecule has 2 aliphatic rings. The highest BCUT2D eigenvalue weighted by Crippen LogP contribution is 2.29. The van der Waals surface area contributed by atoms with E-state index in [9.17, 15) is 13.2 Å². The Labute approximate surface area is 146 Å². The van der Waals surface area contributed by atoms with Gasteiger partial charge in [-0.25, -0.2) is 8.42 Å². The highest BCUT2D eigenvalue weighted by Gasteiger charge is 2.48. The minimum absolute atomic E-state index is 0.0306. The number of piperazine rings is 1. The lowest BCUT2D eigenvalue weighted by Crippen LogP contribution is -2.60. The molecule has 0 aliphatic carbocycles. The number of aromatic nitrogens is 2. The number of rotatable bonds is 3. The summed E-state index contributed by atoms with van der Waals surface area (Å²) in [7, 11) is -3.16. The second-order valence-corrected chi connectivity index (χ2v) is 8.74. The molecule has 0 bridgehead atoms. The maximum atomic E-state index is 12.7. The lowest BCUT2D eigenvalue weighted by atomic mass is 10.0. The monoisotopic (exact) mass is 360 g/mol. The van der Waals surface area contributed by atoms with Crippen LogP contribution in [-0.4, -0.2) is 70.8 Å². The Morgan fingerprint density at radius 3 is 2.72 bits per heavy atom. The molecule has 2 saturated heterocycles. The lowest BCUT2D eigenvalue weighted by molar-refractivity contribution is 0.0298. The van der Waals surface area contributed by atoms with E-state index in [0.29, 0.717) is 25.3 Å². The van der Waals surface area contributed by atoms with Crippen molar-refractivity contribution in [3.05, 3.63) is 54.1 Å². The SMILES string of the molecule is O=C(c1ccc[nH]1)N1CCN(Cc2ccccn2)[C@@H]2CS(=O)(=O)C[C@@H]21. The van der Waals surface area contributed by atoms with Gasteiger partial charge in [0, 0.05) is 38.1 Å². The standard InChI is InChI=1S/C17H20N4O3S/c22-17(14-5-3-7-19-14)21-9-8-20(10-13-4-1-2-6-18-13)15-11-25(23,24)12-16(15)21/h1-7,15-16,19H,8-12H2/t15-,16+/m1/s1. The van der Waals surface area contributed by atoms with Crippen LogP contribution in [0.3, 0.4) is 0 Å². The van der Waals surface area contributed by atoms with Gasteiger partial charge in [0.15, 0.2) is 9.84 Å². The summed E-state index contributed by atoms with van der Waals surface area (Å²) in [5.41, 5.74) is 1.41. The molecule has 4 rings (SSSR count). The van der Waals surface area contributed by atoms with Crippen LogP contribution in [0.4, 0.5) is 0 Å². The van der Waals surface area contributed by atoms with Gasteiger partial charge in [-0.05, 0) is 24.3 Å². The van der Waals surface area contributed by atoms with Gasteiger partial charge in [-0.15, -0.1) is 0 Å². The zero-order valence-electron chi connectivity index (χ0n) is 13.7. The first kappa shape index (κ1) is 16.3. The van der Waals surface area contributed by atoms with Crippen LogP contribution < -0.4 is 0 Å². The third-order valence-electron chi connectivity index (χ3n) is 4.97. The number of H-pyrrole nitrogens is 1. The molecule has 2 aliphatic heterocycles. The zero-order chi connectivity index (χ0) is 17.4. The minimum atomic E-state index is -3.16. The Balaban J connectivity index is 1.59.